The highest BCUT2D eigenvalue weighted by Gasteiger charge is 2.29. The van der Waals surface area contributed by atoms with Crippen LogP contribution >= 0.6 is 22.9 Å². The molecule has 1 aromatic carbocycles. The largest absolute Gasteiger partial charge is 0.335 e. The van der Waals surface area contributed by atoms with E-state index in [0.717, 1.165) is 29.5 Å². The van der Waals surface area contributed by atoms with Crippen molar-refractivity contribution in [3.05, 3.63) is 57.2 Å². The summed E-state index contributed by atoms with van der Waals surface area (Å²) < 4.78 is 0.804. The number of halogens is 1. The number of hydrogen-bond donors (Lipinski definition) is 0. The minimum absolute atomic E-state index is 0.0372. The number of hydrogen-bond acceptors (Lipinski definition) is 5. The van der Waals surface area contributed by atoms with Gasteiger partial charge in [-0.1, -0.05) is 41.9 Å². The van der Waals surface area contributed by atoms with Crippen LogP contribution in [0.2, 0.25) is 4.34 Å². The molecule has 0 radical (unpaired) electrons. The van der Waals surface area contributed by atoms with Crippen LogP contribution in [0.15, 0.2) is 47.6 Å². The summed E-state index contributed by atoms with van der Waals surface area (Å²) in [5.41, 5.74) is 1.49. The van der Waals surface area contributed by atoms with Gasteiger partial charge in [0.05, 0.1) is 10.9 Å². The first-order chi connectivity index (χ1) is 14.1. The summed E-state index contributed by atoms with van der Waals surface area (Å²) in [5.74, 6) is -0.0841. The second kappa shape index (κ2) is 9.07. The van der Waals surface area contributed by atoms with Crippen LogP contribution in [0.1, 0.15) is 23.3 Å². The van der Waals surface area contributed by atoms with Crippen molar-refractivity contribution in [2.75, 3.05) is 26.2 Å². The van der Waals surface area contributed by atoms with E-state index < -0.39 is 0 Å². The van der Waals surface area contributed by atoms with Crippen molar-refractivity contribution >= 4 is 40.5 Å². The molecule has 0 spiro atoms. The Morgan fingerprint density at radius 3 is 2.45 bits per heavy atom. The highest BCUT2D eigenvalue weighted by atomic mass is 35.5. The fraction of sp³-hybridized carbons (Fsp3) is 0.381. The second-order valence-corrected chi connectivity index (χ2v) is 9.06. The lowest BCUT2D eigenvalue weighted by Gasteiger charge is -2.35. The zero-order chi connectivity index (χ0) is 20.2. The third kappa shape index (κ3) is 5.04. The average Bonchev–Trinajstić information content (AvgIpc) is 3.15. The maximum absolute atomic E-state index is 12.9. The molecule has 0 bridgehead atoms. The molecule has 0 saturated carbocycles. The summed E-state index contributed by atoms with van der Waals surface area (Å²) in [7, 11) is 0. The predicted molar refractivity (Wildman–Crippen MR) is 115 cm³/mol. The average molecular weight is 431 g/mol. The van der Waals surface area contributed by atoms with Gasteiger partial charge in [-0.05, 0) is 17.7 Å². The number of amides is 2. The van der Waals surface area contributed by atoms with Crippen LogP contribution in [0.4, 0.5) is 0 Å². The van der Waals surface area contributed by atoms with Gasteiger partial charge < -0.3 is 4.90 Å². The van der Waals surface area contributed by atoms with Crippen LogP contribution in [0.3, 0.4) is 0 Å². The summed E-state index contributed by atoms with van der Waals surface area (Å²) in [5, 5.41) is 5.84. The smallest absolute Gasteiger partial charge is 0.270 e. The molecule has 1 fully saturated rings. The quantitative estimate of drug-likeness (QED) is 0.731. The molecule has 8 heteroatoms. The maximum atomic E-state index is 12.9. The van der Waals surface area contributed by atoms with Crippen molar-refractivity contribution in [1.82, 2.24) is 14.8 Å². The summed E-state index contributed by atoms with van der Waals surface area (Å²) in [6.07, 6.45) is 0.743. The van der Waals surface area contributed by atoms with Crippen molar-refractivity contribution in [3.63, 3.8) is 0 Å². The van der Waals surface area contributed by atoms with E-state index in [2.05, 4.69) is 16.1 Å². The molecule has 6 nitrogen and oxygen atoms in total. The standard InChI is InChI=1S/C21H23ClN4O2S/c22-19-8-6-17(29-19)15-24-10-12-25(13-11-24)21(28)18-7-9-20(27)26(23-18)14-16-4-2-1-3-5-16/h1-6,8H,7,9-15H2. The summed E-state index contributed by atoms with van der Waals surface area (Å²) in [6, 6.07) is 13.7. The first-order valence-electron chi connectivity index (χ1n) is 9.76. The third-order valence-electron chi connectivity index (χ3n) is 5.19. The van der Waals surface area contributed by atoms with Gasteiger partial charge in [-0.2, -0.15) is 5.10 Å². The van der Waals surface area contributed by atoms with Gasteiger partial charge in [0.25, 0.3) is 5.91 Å². The topological polar surface area (TPSA) is 56.2 Å². The number of carbonyl (C=O) groups is 2. The molecule has 2 aliphatic heterocycles. The van der Waals surface area contributed by atoms with Crippen LogP contribution in [0.25, 0.3) is 0 Å². The van der Waals surface area contributed by atoms with Crippen molar-refractivity contribution in [1.29, 1.82) is 0 Å². The molecular formula is C21H23ClN4O2S. The molecular weight excluding hydrogens is 408 g/mol. The van der Waals surface area contributed by atoms with E-state index in [1.807, 2.05) is 41.3 Å². The van der Waals surface area contributed by atoms with Gasteiger partial charge in [0, 0.05) is 50.4 Å². The lowest BCUT2D eigenvalue weighted by molar-refractivity contribution is -0.132. The summed E-state index contributed by atoms with van der Waals surface area (Å²) in [6.45, 7) is 4.24. The van der Waals surface area contributed by atoms with E-state index >= 15 is 0 Å². The van der Waals surface area contributed by atoms with Gasteiger partial charge in [0.15, 0.2) is 0 Å². The normalized spacial score (nSPS) is 18.1. The van der Waals surface area contributed by atoms with Gasteiger partial charge in [-0.15, -0.1) is 11.3 Å². The van der Waals surface area contributed by atoms with E-state index in [9.17, 15) is 9.59 Å². The molecule has 152 valence electrons. The first kappa shape index (κ1) is 20.1. The van der Waals surface area contributed by atoms with Gasteiger partial charge in [-0.3, -0.25) is 14.5 Å². The predicted octanol–water partition coefficient (Wildman–Crippen LogP) is 3.22. The van der Waals surface area contributed by atoms with Gasteiger partial charge >= 0.3 is 0 Å². The molecule has 2 aliphatic rings. The molecule has 1 aromatic heterocycles. The molecule has 3 heterocycles. The first-order valence-corrected chi connectivity index (χ1v) is 11.0. The Kier molecular flexibility index (Phi) is 6.28. The number of nitrogens with zero attached hydrogens (tertiary/aromatic N) is 4. The SMILES string of the molecule is O=C(C1=NN(Cc2ccccc2)C(=O)CC1)N1CCN(Cc2ccc(Cl)s2)CC1. The van der Waals surface area contributed by atoms with Crippen LogP contribution in [-0.4, -0.2) is 58.5 Å². The van der Waals surface area contributed by atoms with Crippen molar-refractivity contribution in [2.45, 2.75) is 25.9 Å². The number of carbonyl (C=O) groups excluding carboxylic acids is 2. The number of hydrazone groups is 1. The molecule has 2 amide bonds. The van der Waals surface area contributed by atoms with Gasteiger partial charge in [0.2, 0.25) is 5.91 Å². The van der Waals surface area contributed by atoms with Crippen molar-refractivity contribution < 1.29 is 9.59 Å². The second-order valence-electron chi connectivity index (χ2n) is 7.26. The van der Waals surface area contributed by atoms with Gasteiger partial charge in [-0.25, -0.2) is 5.01 Å². The van der Waals surface area contributed by atoms with Crippen LogP contribution in [0, 0.1) is 0 Å². The molecule has 0 unspecified atom stereocenters. The van der Waals surface area contributed by atoms with E-state index in [-0.39, 0.29) is 11.8 Å². The van der Waals surface area contributed by atoms with Crippen molar-refractivity contribution in [2.24, 2.45) is 5.10 Å². The van der Waals surface area contributed by atoms with E-state index in [1.54, 1.807) is 11.3 Å². The maximum Gasteiger partial charge on any atom is 0.270 e. The van der Waals surface area contributed by atoms with Crippen LogP contribution < -0.4 is 0 Å². The Bertz CT molecular complexity index is 906. The monoisotopic (exact) mass is 430 g/mol. The van der Waals surface area contributed by atoms with Crippen molar-refractivity contribution in [3.8, 4) is 0 Å². The Labute approximate surface area is 179 Å². The minimum Gasteiger partial charge on any atom is -0.335 e. The van der Waals surface area contributed by atoms with E-state index in [0.29, 0.717) is 38.2 Å². The zero-order valence-corrected chi connectivity index (χ0v) is 17.7. The Balaban J connectivity index is 1.35. The van der Waals surface area contributed by atoms with E-state index in [4.69, 9.17) is 11.6 Å². The number of benzene rings is 1. The summed E-state index contributed by atoms with van der Waals surface area (Å²) >= 11 is 7.61. The number of piperazine rings is 1. The Hall–Kier alpha value is -2.22. The third-order valence-corrected chi connectivity index (χ3v) is 6.41. The molecule has 4 rings (SSSR count). The van der Waals surface area contributed by atoms with E-state index in [1.165, 1.54) is 9.89 Å². The number of thiophene rings is 1. The van der Waals surface area contributed by atoms with Crippen LogP contribution in [0.5, 0.6) is 0 Å². The minimum atomic E-state index is -0.0469. The fourth-order valence-corrected chi connectivity index (χ4v) is 4.71. The summed E-state index contributed by atoms with van der Waals surface area (Å²) in [4.78, 5) is 30.6. The molecule has 0 atom stereocenters. The van der Waals surface area contributed by atoms with Crippen LogP contribution in [-0.2, 0) is 22.7 Å². The highest BCUT2D eigenvalue weighted by molar-refractivity contribution is 7.16. The number of rotatable bonds is 5. The van der Waals surface area contributed by atoms with Gasteiger partial charge in [0.1, 0.15) is 5.71 Å². The lowest BCUT2D eigenvalue weighted by Crippen LogP contribution is -2.51. The molecule has 2 aromatic rings. The highest BCUT2D eigenvalue weighted by Crippen LogP contribution is 2.23. The zero-order valence-electron chi connectivity index (χ0n) is 16.1. The Morgan fingerprint density at radius 1 is 1.00 bits per heavy atom. The molecule has 0 N–H and O–H groups in total. The molecule has 0 aliphatic carbocycles. The Morgan fingerprint density at radius 2 is 1.76 bits per heavy atom. The fourth-order valence-electron chi connectivity index (χ4n) is 3.58. The lowest BCUT2D eigenvalue weighted by atomic mass is 10.1. The molecule has 29 heavy (non-hydrogen) atoms. The molecule has 1 saturated heterocycles.